The molecule has 1 unspecified atom stereocenters. The zero-order chi connectivity index (χ0) is 15.7. The molecule has 0 saturated carbocycles. The minimum atomic E-state index is -1.07. The van der Waals surface area contributed by atoms with Gasteiger partial charge in [0.2, 0.25) is 5.95 Å². The molecule has 3 rings (SSSR count). The van der Waals surface area contributed by atoms with Crippen LogP contribution in [0.25, 0.3) is 0 Å². The molecule has 1 atom stereocenters. The Labute approximate surface area is 126 Å². The molecule has 22 heavy (non-hydrogen) atoms. The molecule has 2 N–H and O–H groups in total. The molecule has 0 saturated heterocycles. The van der Waals surface area contributed by atoms with E-state index in [0.717, 1.165) is 5.56 Å². The number of carbonyl (C=O) groups is 1. The fourth-order valence-corrected chi connectivity index (χ4v) is 2.29. The second-order valence-electron chi connectivity index (χ2n) is 5.11. The minimum Gasteiger partial charge on any atom is -0.491 e. The molecule has 0 spiro atoms. The fraction of sp³-hybridized carbons (Fsp3) is 0.286. The third kappa shape index (κ3) is 2.50. The average Bonchev–Trinajstić information content (AvgIpc) is 2.94. The Hall–Kier alpha value is -2.90. The van der Waals surface area contributed by atoms with Gasteiger partial charge in [0.15, 0.2) is 0 Å². The summed E-state index contributed by atoms with van der Waals surface area (Å²) in [6.45, 7) is 3.86. The molecule has 1 aliphatic heterocycles. The number of aromatic nitrogens is 4. The van der Waals surface area contributed by atoms with Crippen molar-refractivity contribution < 1.29 is 14.6 Å². The number of allylic oxidation sites excluding steroid dienone is 1. The Bertz CT molecular complexity index is 738. The highest BCUT2D eigenvalue weighted by atomic mass is 16.5. The van der Waals surface area contributed by atoms with Gasteiger partial charge in [-0.15, -0.1) is 0 Å². The number of anilines is 1. The number of rotatable bonds is 4. The van der Waals surface area contributed by atoms with E-state index >= 15 is 0 Å². The second-order valence-corrected chi connectivity index (χ2v) is 5.11. The van der Waals surface area contributed by atoms with Crippen molar-refractivity contribution in [3.05, 3.63) is 41.6 Å². The second kappa shape index (κ2) is 5.47. The van der Waals surface area contributed by atoms with E-state index in [9.17, 15) is 9.90 Å². The highest BCUT2D eigenvalue weighted by Crippen LogP contribution is 2.33. The van der Waals surface area contributed by atoms with Gasteiger partial charge in [-0.1, -0.05) is 23.3 Å². The van der Waals surface area contributed by atoms with E-state index in [-0.39, 0.29) is 17.7 Å². The zero-order valence-electron chi connectivity index (χ0n) is 12.1. The summed E-state index contributed by atoms with van der Waals surface area (Å²) in [4.78, 5) is 11.3. The maximum atomic E-state index is 11.3. The van der Waals surface area contributed by atoms with E-state index in [2.05, 4.69) is 20.8 Å². The van der Waals surface area contributed by atoms with Gasteiger partial charge in [0.1, 0.15) is 17.5 Å². The van der Waals surface area contributed by atoms with E-state index in [0.29, 0.717) is 5.75 Å². The lowest BCUT2D eigenvalue weighted by atomic mass is 10.0. The molecule has 114 valence electrons. The lowest BCUT2D eigenvalue weighted by Crippen LogP contribution is -2.25. The van der Waals surface area contributed by atoms with Crippen molar-refractivity contribution in [2.45, 2.75) is 26.0 Å². The molecule has 1 aromatic carbocycles. The van der Waals surface area contributed by atoms with Crippen LogP contribution >= 0.6 is 0 Å². The summed E-state index contributed by atoms with van der Waals surface area (Å²) in [7, 11) is 0. The summed E-state index contributed by atoms with van der Waals surface area (Å²) >= 11 is 0. The molecule has 0 fully saturated rings. The van der Waals surface area contributed by atoms with Crippen molar-refractivity contribution in [3.8, 4) is 5.75 Å². The maximum Gasteiger partial charge on any atom is 0.352 e. The van der Waals surface area contributed by atoms with Crippen LogP contribution in [-0.2, 0) is 4.79 Å². The van der Waals surface area contributed by atoms with Crippen LogP contribution in [0.2, 0.25) is 0 Å². The third-order valence-electron chi connectivity index (χ3n) is 3.16. The molecule has 0 aliphatic carbocycles. The Morgan fingerprint density at radius 2 is 2.18 bits per heavy atom. The van der Waals surface area contributed by atoms with E-state index in [1.54, 1.807) is 6.08 Å². The van der Waals surface area contributed by atoms with Gasteiger partial charge in [0, 0.05) is 5.56 Å². The number of hydrogen-bond acceptors (Lipinski definition) is 6. The summed E-state index contributed by atoms with van der Waals surface area (Å²) < 4.78 is 7.33. The van der Waals surface area contributed by atoms with Crippen LogP contribution in [-0.4, -0.2) is 37.4 Å². The van der Waals surface area contributed by atoms with E-state index < -0.39 is 12.0 Å². The number of tetrazole rings is 1. The standard InChI is InChI=1S/C14H15N5O3/c1-8(2)22-12-6-4-3-5-9(12)11-7-10(13(20)21)15-14-16-17-18-19(11)14/h3-8,11H,1-2H3,(H,20,21)(H,15,16,18). The summed E-state index contributed by atoms with van der Waals surface area (Å²) in [5, 5.41) is 23.3. The third-order valence-corrected chi connectivity index (χ3v) is 3.16. The topological polar surface area (TPSA) is 102 Å². The molecule has 0 bridgehead atoms. The first-order valence-electron chi connectivity index (χ1n) is 6.82. The zero-order valence-corrected chi connectivity index (χ0v) is 12.1. The number of hydrogen-bond donors (Lipinski definition) is 2. The first kappa shape index (κ1) is 14.1. The fourth-order valence-electron chi connectivity index (χ4n) is 2.29. The van der Waals surface area contributed by atoms with Gasteiger partial charge in [0.05, 0.1) is 6.10 Å². The molecule has 1 aliphatic rings. The molecule has 8 nitrogen and oxygen atoms in total. The summed E-state index contributed by atoms with van der Waals surface area (Å²) in [5.41, 5.74) is 0.830. The predicted molar refractivity (Wildman–Crippen MR) is 77.5 cm³/mol. The van der Waals surface area contributed by atoms with Crippen molar-refractivity contribution in [2.75, 3.05) is 5.32 Å². The molecule has 0 amide bonds. The number of nitrogens with zero attached hydrogens (tertiary/aromatic N) is 4. The molecular weight excluding hydrogens is 286 g/mol. The largest absolute Gasteiger partial charge is 0.491 e. The van der Waals surface area contributed by atoms with Crippen LogP contribution in [0.1, 0.15) is 25.5 Å². The number of benzene rings is 1. The highest BCUT2D eigenvalue weighted by Gasteiger charge is 2.28. The lowest BCUT2D eigenvalue weighted by Gasteiger charge is -2.24. The number of carboxylic acid groups (broad SMARTS) is 1. The van der Waals surface area contributed by atoms with Crippen LogP contribution in [0.4, 0.5) is 5.95 Å². The Morgan fingerprint density at radius 1 is 1.41 bits per heavy atom. The number of nitrogens with one attached hydrogen (secondary N) is 1. The van der Waals surface area contributed by atoms with Crippen molar-refractivity contribution in [1.82, 2.24) is 20.2 Å². The van der Waals surface area contributed by atoms with Gasteiger partial charge in [-0.05, 0) is 36.4 Å². The first-order chi connectivity index (χ1) is 10.6. The quantitative estimate of drug-likeness (QED) is 0.881. The number of ether oxygens (including phenoxy) is 1. The van der Waals surface area contributed by atoms with Crippen LogP contribution < -0.4 is 10.1 Å². The van der Waals surface area contributed by atoms with Gasteiger partial charge < -0.3 is 15.2 Å². The van der Waals surface area contributed by atoms with Crippen LogP contribution in [0.3, 0.4) is 0 Å². The van der Waals surface area contributed by atoms with Gasteiger partial charge in [-0.2, -0.15) is 4.68 Å². The SMILES string of the molecule is CC(C)Oc1ccccc1C1C=C(C(=O)O)Nc2nnnn21. The first-order valence-corrected chi connectivity index (χ1v) is 6.82. The number of carboxylic acids is 1. The van der Waals surface area contributed by atoms with Gasteiger partial charge >= 0.3 is 5.97 Å². The monoisotopic (exact) mass is 301 g/mol. The van der Waals surface area contributed by atoms with Crippen LogP contribution in [0.15, 0.2) is 36.0 Å². The highest BCUT2D eigenvalue weighted by molar-refractivity contribution is 5.90. The molecule has 2 aromatic rings. The van der Waals surface area contributed by atoms with E-state index in [1.807, 2.05) is 38.1 Å². The van der Waals surface area contributed by atoms with Crippen molar-refractivity contribution in [3.63, 3.8) is 0 Å². The summed E-state index contributed by atoms with van der Waals surface area (Å²) in [6.07, 6.45) is 1.56. The lowest BCUT2D eigenvalue weighted by molar-refractivity contribution is -0.132. The normalized spacial score (nSPS) is 16.7. The molecular formula is C14H15N5O3. The molecule has 1 aromatic heterocycles. The van der Waals surface area contributed by atoms with Crippen LogP contribution in [0.5, 0.6) is 5.75 Å². The van der Waals surface area contributed by atoms with E-state index in [4.69, 9.17) is 4.74 Å². The van der Waals surface area contributed by atoms with Crippen molar-refractivity contribution in [1.29, 1.82) is 0 Å². The predicted octanol–water partition coefficient (Wildman–Crippen LogP) is 1.44. The van der Waals surface area contributed by atoms with Crippen molar-refractivity contribution in [2.24, 2.45) is 0 Å². The number of para-hydroxylation sites is 1. The number of fused-ring (bicyclic) bond motifs is 1. The molecule has 0 radical (unpaired) electrons. The summed E-state index contributed by atoms with van der Waals surface area (Å²) in [5.74, 6) is -0.113. The van der Waals surface area contributed by atoms with E-state index in [1.165, 1.54) is 4.68 Å². The van der Waals surface area contributed by atoms with Crippen LogP contribution in [0, 0.1) is 0 Å². The molecule has 8 heteroatoms. The number of aliphatic carboxylic acids is 1. The van der Waals surface area contributed by atoms with Crippen molar-refractivity contribution >= 4 is 11.9 Å². The Kier molecular flexibility index (Phi) is 3.50. The maximum absolute atomic E-state index is 11.3. The summed E-state index contributed by atoms with van der Waals surface area (Å²) in [6, 6.07) is 6.99. The van der Waals surface area contributed by atoms with Gasteiger partial charge in [0.25, 0.3) is 0 Å². The smallest absolute Gasteiger partial charge is 0.352 e. The van der Waals surface area contributed by atoms with Gasteiger partial charge in [-0.25, -0.2) is 4.79 Å². The Balaban J connectivity index is 2.09. The Morgan fingerprint density at radius 3 is 2.91 bits per heavy atom. The minimum absolute atomic E-state index is 0.000804. The molecule has 2 heterocycles. The average molecular weight is 301 g/mol. The van der Waals surface area contributed by atoms with Gasteiger partial charge in [-0.3, -0.25) is 0 Å².